The predicted molar refractivity (Wildman–Crippen MR) is 128 cm³/mol. The molecule has 1 amide bonds. The summed E-state index contributed by atoms with van der Waals surface area (Å²) in [5.74, 6) is -0.997. The van der Waals surface area contributed by atoms with Crippen molar-refractivity contribution in [2.75, 3.05) is 31.1 Å². The standard InChI is InChI=1S/C25H20F2N6O3/c26-17-7-5-16(6-8-17)20-13-22(30-15-29-20)31-9-11-32(12-10-31)23(34)18-14-28-25(36)33(24(18)35)21-4-2-1-3-19(21)27/h1-8,13-15H,9-12H2,(H,28,36). The molecule has 0 atom stereocenters. The molecule has 1 saturated heterocycles. The van der Waals surface area contributed by atoms with Crippen LogP contribution in [0.2, 0.25) is 0 Å². The Morgan fingerprint density at radius 2 is 1.64 bits per heavy atom. The molecular formula is C25H20F2N6O3. The van der Waals surface area contributed by atoms with Gasteiger partial charge in [-0.3, -0.25) is 9.59 Å². The fraction of sp³-hybridized carbons (Fsp3) is 0.160. The molecule has 0 saturated carbocycles. The van der Waals surface area contributed by atoms with Crippen molar-refractivity contribution < 1.29 is 13.6 Å². The highest BCUT2D eigenvalue weighted by Gasteiger charge is 2.26. The Kier molecular flexibility index (Phi) is 6.11. The van der Waals surface area contributed by atoms with E-state index in [0.29, 0.717) is 42.3 Å². The maximum atomic E-state index is 14.2. The van der Waals surface area contributed by atoms with Crippen molar-refractivity contribution in [2.45, 2.75) is 0 Å². The summed E-state index contributed by atoms with van der Waals surface area (Å²) in [6.07, 6.45) is 2.49. The Morgan fingerprint density at radius 3 is 2.36 bits per heavy atom. The van der Waals surface area contributed by atoms with E-state index in [4.69, 9.17) is 0 Å². The Balaban J connectivity index is 1.33. The van der Waals surface area contributed by atoms with Gasteiger partial charge < -0.3 is 14.8 Å². The summed E-state index contributed by atoms with van der Waals surface area (Å²) in [4.78, 5) is 52.8. The number of benzene rings is 2. The van der Waals surface area contributed by atoms with Gasteiger partial charge in [0, 0.05) is 44.0 Å². The number of para-hydroxylation sites is 1. The Hall–Kier alpha value is -4.67. The van der Waals surface area contributed by atoms with E-state index in [0.717, 1.165) is 17.8 Å². The maximum Gasteiger partial charge on any atom is 0.333 e. The number of anilines is 1. The number of aromatic amines is 1. The van der Waals surface area contributed by atoms with Gasteiger partial charge in [0.05, 0.1) is 11.4 Å². The van der Waals surface area contributed by atoms with Gasteiger partial charge in [0.25, 0.3) is 11.5 Å². The summed E-state index contributed by atoms with van der Waals surface area (Å²) in [5.41, 5.74) is -0.836. The highest BCUT2D eigenvalue weighted by molar-refractivity contribution is 5.93. The molecule has 0 unspecified atom stereocenters. The smallest absolute Gasteiger partial charge is 0.333 e. The van der Waals surface area contributed by atoms with Crippen LogP contribution in [0.3, 0.4) is 0 Å². The lowest BCUT2D eigenvalue weighted by Crippen LogP contribution is -2.50. The Morgan fingerprint density at radius 1 is 0.917 bits per heavy atom. The number of hydrogen-bond acceptors (Lipinski definition) is 6. The molecule has 182 valence electrons. The fourth-order valence-electron chi connectivity index (χ4n) is 4.09. The van der Waals surface area contributed by atoms with Gasteiger partial charge in [-0.05, 0) is 36.4 Å². The zero-order chi connectivity index (χ0) is 25.2. The molecule has 4 aromatic rings. The highest BCUT2D eigenvalue weighted by atomic mass is 19.1. The SMILES string of the molecule is O=C(c1c[nH]c(=O)n(-c2ccccc2F)c1=O)N1CCN(c2cc(-c3ccc(F)cc3)ncn2)CC1. The second kappa shape index (κ2) is 9.53. The van der Waals surface area contributed by atoms with E-state index in [9.17, 15) is 23.2 Å². The molecule has 3 heterocycles. The molecule has 1 N–H and O–H groups in total. The average Bonchev–Trinajstić information content (AvgIpc) is 2.90. The first-order valence-electron chi connectivity index (χ1n) is 11.1. The number of carbonyl (C=O) groups is 1. The van der Waals surface area contributed by atoms with Crippen LogP contribution in [0, 0.1) is 11.6 Å². The van der Waals surface area contributed by atoms with Crippen molar-refractivity contribution in [3.8, 4) is 16.9 Å². The third kappa shape index (κ3) is 4.38. The van der Waals surface area contributed by atoms with Gasteiger partial charge in [0.15, 0.2) is 0 Å². The normalized spacial score (nSPS) is 13.6. The van der Waals surface area contributed by atoms with Gasteiger partial charge in [-0.15, -0.1) is 0 Å². The van der Waals surface area contributed by atoms with Crippen molar-refractivity contribution in [1.82, 2.24) is 24.4 Å². The number of halogens is 2. The number of amides is 1. The quantitative estimate of drug-likeness (QED) is 0.471. The first-order chi connectivity index (χ1) is 17.4. The van der Waals surface area contributed by atoms with Crippen molar-refractivity contribution in [3.63, 3.8) is 0 Å². The van der Waals surface area contributed by atoms with E-state index >= 15 is 0 Å². The van der Waals surface area contributed by atoms with Crippen molar-refractivity contribution in [3.05, 3.63) is 105 Å². The summed E-state index contributed by atoms with van der Waals surface area (Å²) < 4.78 is 28.1. The molecule has 1 aliphatic rings. The molecule has 2 aromatic carbocycles. The first kappa shape index (κ1) is 23.1. The van der Waals surface area contributed by atoms with Gasteiger partial charge in [-0.1, -0.05) is 12.1 Å². The summed E-state index contributed by atoms with van der Waals surface area (Å²) in [6.45, 7) is 1.48. The molecule has 9 nitrogen and oxygen atoms in total. The highest BCUT2D eigenvalue weighted by Crippen LogP contribution is 2.22. The lowest BCUT2D eigenvalue weighted by atomic mass is 10.1. The van der Waals surface area contributed by atoms with Crippen molar-refractivity contribution in [1.29, 1.82) is 0 Å². The number of H-pyrrole nitrogens is 1. The van der Waals surface area contributed by atoms with Crippen LogP contribution in [0.5, 0.6) is 0 Å². The first-order valence-corrected chi connectivity index (χ1v) is 11.1. The second-order valence-corrected chi connectivity index (χ2v) is 8.15. The summed E-state index contributed by atoms with van der Waals surface area (Å²) in [6, 6.07) is 13.1. The minimum Gasteiger partial charge on any atom is -0.353 e. The number of piperazine rings is 1. The zero-order valence-corrected chi connectivity index (χ0v) is 18.9. The van der Waals surface area contributed by atoms with E-state index in [1.54, 1.807) is 18.2 Å². The molecule has 5 rings (SSSR count). The second-order valence-electron chi connectivity index (χ2n) is 8.15. The van der Waals surface area contributed by atoms with Gasteiger partial charge in [-0.25, -0.2) is 28.1 Å². The number of nitrogens with one attached hydrogen (secondary N) is 1. The number of carbonyl (C=O) groups excluding carboxylic acids is 1. The number of nitrogens with zero attached hydrogens (tertiary/aromatic N) is 5. The van der Waals surface area contributed by atoms with Crippen LogP contribution in [0.15, 0.2) is 76.7 Å². The van der Waals surface area contributed by atoms with E-state index in [1.165, 1.54) is 41.6 Å². The van der Waals surface area contributed by atoms with Gasteiger partial charge in [-0.2, -0.15) is 0 Å². The minimum atomic E-state index is -0.893. The molecule has 0 bridgehead atoms. The van der Waals surface area contributed by atoms with Crippen LogP contribution >= 0.6 is 0 Å². The monoisotopic (exact) mass is 490 g/mol. The van der Waals surface area contributed by atoms with Crippen LogP contribution in [0.25, 0.3) is 16.9 Å². The Bertz CT molecular complexity index is 1540. The largest absolute Gasteiger partial charge is 0.353 e. The van der Waals surface area contributed by atoms with Crippen molar-refractivity contribution in [2.24, 2.45) is 0 Å². The molecule has 36 heavy (non-hydrogen) atoms. The van der Waals surface area contributed by atoms with Crippen LogP contribution in [-0.2, 0) is 0 Å². The minimum absolute atomic E-state index is 0.232. The van der Waals surface area contributed by atoms with E-state index in [2.05, 4.69) is 15.0 Å². The van der Waals surface area contributed by atoms with Gasteiger partial charge in [0.2, 0.25) is 0 Å². The lowest BCUT2D eigenvalue weighted by molar-refractivity contribution is 0.0743. The predicted octanol–water partition coefficient (Wildman–Crippen LogP) is 2.22. The molecular weight excluding hydrogens is 470 g/mol. The van der Waals surface area contributed by atoms with Crippen LogP contribution in [-0.4, -0.2) is 56.5 Å². The van der Waals surface area contributed by atoms with Gasteiger partial charge in [0.1, 0.15) is 29.3 Å². The van der Waals surface area contributed by atoms with Crippen LogP contribution in [0.1, 0.15) is 10.4 Å². The molecule has 0 spiro atoms. The van der Waals surface area contributed by atoms with Crippen molar-refractivity contribution >= 4 is 11.7 Å². The molecule has 11 heteroatoms. The molecule has 0 aliphatic carbocycles. The molecule has 0 radical (unpaired) electrons. The number of hydrogen-bond donors (Lipinski definition) is 1. The summed E-state index contributed by atoms with van der Waals surface area (Å²) in [7, 11) is 0. The van der Waals surface area contributed by atoms with E-state index in [1.807, 2.05) is 4.90 Å². The number of aromatic nitrogens is 4. The molecule has 1 fully saturated rings. The van der Waals surface area contributed by atoms with Gasteiger partial charge >= 0.3 is 5.69 Å². The average molecular weight is 490 g/mol. The van der Waals surface area contributed by atoms with E-state index < -0.39 is 23.0 Å². The lowest BCUT2D eigenvalue weighted by Gasteiger charge is -2.35. The third-order valence-electron chi connectivity index (χ3n) is 5.98. The van der Waals surface area contributed by atoms with Crippen LogP contribution < -0.4 is 16.1 Å². The molecule has 2 aromatic heterocycles. The maximum absolute atomic E-state index is 14.2. The topological polar surface area (TPSA) is 104 Å². The summed E-state index contributed by atoms with van der Waals surface area (Å²) in [5, 5.41) is 0. The fourth-order valence-corrected chi connectivity index (χ4v) is 4.09. The van der Waals surface area contributed by atoms with E-state index in [-0.39, 0.29) is 17.1 Å². The molecule has 1 aliphatic heterocycles. The van der Waals surface area contributed by atoms with Crippen LogP contribution in [0.4, 0.5) is 14.6 Å². The third-order valence-corrected chi connectivity index (χ3v) is 5.98. The number of rotatable bonds is 4. The Labute approximate surface area is 203 Å². The summed E-state index contributed by atoms with van der Waals surface area (Å²) >= 11 is 0. The zero-order valence-electron chi connectivity index (χ0n) is 18.9.